The molecule has 0 fully saturated rings. The van der Waals surface area contributed by atoms with Gasteiger partial charge in [-0.2, -0.15) is 0 Å². The molecule has 0 radical (unpaired) electrons. The normalized spacial score (nSPS) is 14.4. The number of rotatable bonds is 11. The third-order valence-electron chi connectivity index (χ3n) is 4.88. The number of hydrogen-bond acceptors (Lipinski definition) is 3. The number of nitrogens with zero attached hydrogens (tertiary/aromatic N) is 1. The summed E-state index contributed by atoms with van der Waals surface area (Å²) in [4.78, 5) is 26.0. The molecule has 0 spiro atoms. The van der Waals surface area contributed by atoms with Gasteiger partial charge in [-0.25, -0.2) is 0 Å². The zero-order chi connectivity index (χ0) is 21.2. The molecule has 2 amide bonds. The van der Waals surface area contributed by atoms with Gasteiger partial charge in [-0.1, -0.05) is 58.0 Å². The van der Waals surface area contributed by atoms with Crippen LogP contribution in [-0.4, -0.2) is 49.5 Å². The Bertz CT molecular complexity index is 675. The molecule has 0 bridgehead atoms. The van der Waals surface area contributed by atoms with E-state index in [1.165, 1.54) is 4.90 Å². The summed E-state index contributed by atoms with van der Waals surface area (Å²) in [7, 11) is 0. The molecule has 0 atom stereocenters. The highest BCUT2D eigenvalue weighted by Crippen LogP contribution is 2.16. The number of hydrazine groups is 1. The highest BCUT2D eigenvalue weighted by atomic mass is 16.2. The van der Waals surface area contributed by atoms with E-state index in [0.29, 0.717) is 37.8 Å². The molecule has 0 saturated carbocycles. The summed E-state index contributed by atoms with van der Waals surface area (Å²) < 4.78 is 0. The van der Waals surface area contributed by atoms with Crippen LogP contribution in [0.2, 0.25) is 0 Å². The molecule has 0 aromatic heterocycles. The number of quaternary nitrogens is 1. The lowest BCUT2D eigenvalue weighted by Crippen LogP contribution is -3.13. The van der Waals surface area contributed by atoms with Gasteiger partial charge >= 0.3 is 0 Å². The first-order chi connectivity index (χ1) is 13.8. The molecular weight excluding hydrogens is 364 g/mol. The Hall–Kier alpha value is -2.34. The van der Waals surface area contributed by atoms with Crippen LogP contribution in [0.15, 0.2) is 36.4 Å². The molecule has 1 heterocycles. The van der Waals surface area contributed by atoms with Gasteiger partial charge in [0.15, 0.2) is 0 Å². The summed E-state index contributed by atoms with van der Waals surface area (Å²) in [6.07, 6.45) is 2.54. The molecule has 6 nitrogen and oxygen atoms in total. The van der Waals surface area contributed by atoms with Crippen molar-refractivity contribution in [3.63, 3.8) is 0 Å². The summed E-state index contributed by atoms with van der Waals surface area (Å²) in [6, 6.07) is 9.90. The van der Waals surface area contributed by atoms with Gasteiger partial charge in [-0.05, 0) is 11.6 Å². The van der Waals surface area contributed by atoms with Gasteiger partial charge in [0, 0.05) is 24.7 Å². The Labute approximate surface area is 175 Å². The third-order valence-corrected chi connectivity index (χ3v) is 4.88. The molecule has 1 aromatic carbocycles. The highest BCUT2D eigenvalue weighted by molar-refractivity contribution is 5.84. The number of benzene rings is 1. The average Bonchev–Trinajstić information content (AvgIpc) is 2.67. The predicted molar refractivity (Wildman–Crippen MR) is 117 cm³/mol. The minimum Gasteiger partial charge on any atom is -0.350 e. The van der Waals surface area contributed by atoms with Crippen LogP contribution >= 0.6 is 0 Å². The van der Waals surface area contributed by atoms with Crippen LogP contribution in [0.3, 0.4) is 0 Å². The lowest BCUT2D eigenvalue weighted by atomic mass is 10.1. The number of carbonyl (C=O) groups is 2. The minimum absolute atomic E-state index is 0.0103. The van der Waals surface area contributed by atoms with Crippen LogP contribution in [0.4, 0.5) is 0 Å². The van der Waals surface area contributed by atoms with Gasteiger partial charge in [0.1, 0.15) is 0 Å². The molecule has 2 rings (SSSR count). The van der Waals surface area contributed by atoms with Crippen molar-refractivity contribution in [1.29, 1.82) is 0 Å². The zero-order valence-corrected chi connectivity index (χ0v) is 18.3. The Morgan fingerprint density at radius 3 is 2.41 bits per heavy atom. The standard InChI is InChI=1S/C23H36N4O2/c1-18(2)16-26(17-19(3)4)15-13-24-22(28)12-14-27-23(29)11-10-21(25-27)20-8-6-5-7-9-20/h5-10,18-19,25H,11-17H2,1-4H3,(H,24,28)/p+1. The van der Waals surface area contributed by atoms with Crippen molar-refractivity contribution in [2.45, 2.75) is 40.5 Å². The molecule has 0 saturated heterocycles. The van der Waals surface area contributed by atoms with E-state index in [4.69, 9.17) is 0 Å². The molecule has 6 heteroatoms. The lowest BCUT2D eigenvalue weighted by molar-refractivity contribution is -0.904. The number of nitrogens with one attached hydrogen (secondary N) is 3. The van der Waals surface area contributed by atoms with E-state index in [2.05, 4.69) is 38.4 Å². The van der Waals surface area contributed by atoms with Gasteiger partial charge in [0.05, 0.1) is 38.4 Å². The smallest absolute Gasteiger partial charge is 0.244 e. The van der Waals surface area contributed by atoms with Crippen LogP contribution in [0.5, 0.6) is 0 Å². The van der Waals surface area contributed by atoms with Crippen LogP contribution in [0.1, 0.15) is 46.1 Å². The molecule has 3 N–H and O–H groups in total. The molecule has 0 unspecified atom stereocenters. The van der Waals surface area contributed by atoms with Crippen molar-refractivity contribution in [1.82, 2.24) is 15.8 Å². The summed E-state index contributed by atoms with van der Waals surface area (Å²) >= 11 is 0. The monoisotopic (exact) mass is 401 g/mol. The van der Waals surface area contributed by atoms with Crippen LogP contribution in [0.25, 0.3) is 5.70 Å². The molecule has 160 valence electrons. The third kappa shape index (κ3) is 8.28. The second kappa shape index (κ2) is 11.6. The molecule has 1 aliphatic heterocycles. The van der Waals surface area contributed by atoms with Crippen molar-refractivity contribution >= 4 is 17.5 Å². The number of hydrogen-bond donors (Lipinski definition) is 3. The molecular formula is C23H37N4O2+. The topological polar surface area (TPSA) is 65.9 Å². The second-order valence-electron chi connectivity index (χ2n) is 8.64. The Balaban J connectivity index is 1.75. The fourth-order valence-corrected chi connectivity index (χ4v) is 3.66. The van der Waals surface area contributed by atoms with Gasteiger partial charge in [0.25, 0.3) is 0 Å². The van der Waals surface area contributed by atoms with E-state index in [1.54, 1.807) is 5.01 Å². The highest BCUT2D eigenvalue weighted by Gasteiger charge is 2.20. The maximum atomic E-state index is 12.3. The minimum atomic E-state index is -0.0121. The Morgan fingerprint density at radius 2 is 1.79 bits per heavy atom. The predicted octanol–water partition coefficient (Wildman–Crippen LogP) is 1.47. The molecule has 0 aliphatic carbocycles. The summed E-state index contributed by atoms with van der Waals surface area (Å²) in [5.41, 5.74) is 5.10. The van der Waals surface area contributed by atoms with Gasteiger partial charge < -0.3 is 10.2 Å². The van der Waals surface area contributed by atoms with E-state index >= 15 is 0 Å². The second-order valence-corrected chi connectivity index (χ2v) is 8.64. The van der Waals surface area contributed by atoms with Crippen LogP contribution in [0, 0.1) is 11.8 Å². The molecule has 1 aromatic rings. The first-order valence-electron chi connectivity index (χ1n) is 10.8. The fraction of sp³-hybridized carbons (Fsp3) is 0.565. The average molecular weight is 402 g/mol. The number of amides is 2. The zero-order valence-electron chi connectivity index (χ0n) is 18.3. The van der Waals surface area contributed by atoms with E-state index in [-0.39, 0.29) is 11.8 Å². The van der Waals surface area contributed by atoms with Crippen molar-refractivity contribution in [3.05, 3.63) is 42.0 Å². The van der Waals surface area contributed by atoms with Gasteiger partial charge in [-0.3, -0.25) is 20.0 Å². The van der Waals surface area contributed by atoms with Crippen LogP contribution in [-0.2, 0) is 9.59 Å². The van der Waals surface area contributed by atoms with Gasteiger partial charge in [0.2, 0.25) is 11.8 Å². The Kier molecular flexibility index (Phi) is 9.19. The van der Waals surface area contributed by atoms with Crippen molar-refractivity contribution in [2.24, 2.45) is 11.8 Å². The first kappa shape index (κ1) is 22.9. The van der Waals surface area contributed by atoms with Crippen LogP contribution < -0.4 is 15.6 Å². The van der Waals surface area contributed by atoms with Gasteiger partial charge in [-0.15, -0.1) is 0 Å². The van der Waals surface area contributed by atoms with E-state index in [1.807, 2.05) is 36.4 Å². The van der Waals surface area contributed by atoms with E-state index in [9.17, 15) is 9.59 Å². The summed E-state index contributed by atoms with van der Waals surface area (Å²) in [6.45, 7) is 13.2. The first-order valence-corrected chi connectivity index (χ1v) is 10.8. The summed E-state index contributed by atoms with van der Waals surface area (Å²) in [5.74, 6) is 1.26. The molecule has 1 aliphatic rings. The quantitative estimate of drug-likeness (QED) is 0.526. The fourth-order valence-electron chi connectivity index (χ4n) is 3.66. The van der Waals surface area contributed by atoms with E-state index in [0.717, 1.165) is 30.9 Å². The van der Waals surface area contributed by atoms with E-state index < -0.39 is 0 Å². The maximum Gasteiger partial charge on any atom is 0.244 e. The maximum absolute atomic E-state index is 12.3. The van der Waals surface area contributed by atoms with Crippen molar-refractivity contribution in [3.8, 4) is 0 Å². The SMILES string of the molecule is CC(C)C[NH+](CCNC(=O)CCN1NC(c2ccccc2)=CCC1=O)CC(C)C. The lowest BCUT2D eigenvalue weighted by Gasteiger charge is -2.29. The Morgan fingerprint density at radius 1 is 1.14 bits per heavy atom. The van der Waals surface area contributed by atoms with Crippen molar-refractivity contribution in [2.75, 3.05) is 32.7 Å². The summed E-state index contributed by atoms with van der Waals surface area (Å²) in [5, 5.41) is 4.57. The van der Waals surface area contributed by atoms with Crippen molar-refractivity contribution < 1.29 is 14.5 Å². The largest absolute Gasteiger partial charge is 0.350 e. The number of carbonyl (C=O) groups excluding carboxylic acids is 2. The molecule has 29 heavy (non-hydrogen) atoms.